The Morgan fingerprint density at radius 1 is 1.47 bits per heavy atom. The lowest BCUT2D eigenvalue weighted by Gasteiger charge is -2.22. The zero-order valence-corrected chi connectivity index (χ0v) is 10.8. The number of nitrogens with two attached hydrogens (primary N) is 1. The highest BCUT2D eigenvalue weighted by molar-refractivity contribution is 7.88. The number of hydrogen-bond donors (Lipinski definition) is 4. The molecule has 0 rings (SSSR count). The highest BCUT2D eigenvalue weighted by atomic mass is 32.2. The van der Waals surface area contributed by atoms with Gasteiger partial charge in [0, 0.05) is 12.0 Å². The molecule has 0 aliphatic rings. The third-order valence-corrected chi connectivity index (χ3v) is 2.89. The third kappa shape index (κ3) is 6.07. The van der Waals surface area contributed by atoms with Gasteiger partial charge in [0.05, 0.1) is 12.4 Å². The summed E-state index contributed by atoms with van der Waals surface area (Å²) in [6, 6.07) is 0. The first-order valence-electron chi connectivity index (χ1n) is 4.89. The van der Waals surface area contributed by atoms with Gasteiger partial charge < -0.3 is 10.5 Å². The van der Waals surface area contributed by atoms with E-state index in [0.717, 1.165) is 0 Å². The van der Waals surface area contributed by atoms with E-state index in [1.54, 1.807) is 25.5 Å². The lowest BCUT2D eigenvalue weighted by Crippen LogP contribution is -2.47. The molecule has 8 nitrogen and oxygen atoms in total. The van der Waals surface area contributed by atoms with E-state index < -0.39 is 21.7 Å². The van der Waals surface area contributed by atoms with Crippen LogP contribution in [0.4, 0.5) is 4.79 Å². The fraction of sp³-hybridized carbons (Fsp3) is 0.750. The standard InChI is InChI=1S/C8H18N4O4S/c1-4-16-7(13)12-17(14,15)11-5-8(2,3)6(9)10/h11H,4-5H2,1-3H3,(H3,9,10)(H,12,13). The normalized spacial score (nSPS) is 11.9. The van der Waals surface area contributed by atoms with Crippen LogP contribution in [0.2, 0.25) is 0 Å². The molecular weight excluding hydrogens is 248 g/mol. The van der Waals surface area contributed by atoms with Gasteiger partial charge >= 0.3 is 16.3 Å². The molecule has 0 aliphatic carbocycles. The molecule has 0 aromatic carbocycles. The van der Waals surface area contributed by atoms with Crippen LogP contribution in [0.15, 0.2) is 0 Å². The molecule has 0 atom stereocenters. The highest BCUT2D eigenvalue weighted by Gasteiger charge is 2.25. The predicted molar refractivity (Wildman–Crippen MR) is 62.8 cm³/mol. The highest BCUT2D eigenvalue weighted by Crippen LogP contribution is 2.12. The SMILES string of the molecule is CCOC(=O)NS(=O)(=O)NCC(C)(C)C(=N)N. The van der Waals surface area contributed by atoms with Crippen LogP contribution in [0.25, 0.3) is 0 Å². The summed E-state index contributed by atoms with van der Waals surface area (Å²) in [6.07, 6.45) is -1.05. The quantitative estimate of drug-likeness (QED) is 0.381. The van der Waals surface area contributed by atoms with Crippen LogP contribution in [-0.2, 0) is 14.9 Å². The summed E-state index contributed by atoms with van der Waals surface area (Å²) in [5, 5.41) is 7.24. The summed E-state index contributed by atoms with van der Waals surface area (Å²) < 4.78 is 30.9. The number of rotatable bonds is 6. The van der Waals surface area contributed by atoms with Gasteiger partial charge in [0.2, 0.25) is 0 Å². The minimum Gasteiger partial charge on any atom is -0.449 e. The monoisotopic (exact) mass is 266 g/mol. The molecule has 0 fully saturated rings. The fourth-order valence-corrected chi connectivity index (χ4v) is 1.58. The van der Waals surface area contributed by atoms with Crippen molar-refractivity contribution in [2.24, 2.45) is 11.1 Å². The number of hydrogen-bond acceptors (Lipinski definition) is 5. The Morgan fingerprint density at radius 2 is 2.00 bits per heavy atom. The predicted octanol–water partition coefficient (Wildman–Crippen LogP) is -0.471. The lowest BCUT2D eigenvalue weighted by atomic mass is 9.93. The Morgan fingerprint density at radius 3 is 2.41 bits per heavy atom. The molecule has 0 saturated heterocycles. The molecular formula is C8H18N4O4S. The Kier molecular flexibility index (Phi) is 5.36. The second-order valence-corrected chi connectivity index (χ2v) is 5.44. The second kappa shape index (κ2) is 5.82. The van der Waals surface area contributed by atoms with Crippen LogP contribution < -0.4 is 15.2 Å². The Hall–Kier alpha value is -1.35. The van der Waals surface area contributed by atoms with Gasteiger partial charge in [-0.05, 0) is 6.92 Å². The molecule has 0 radical (unpaired) electrons. The van der Waals surface area contributed by atoms with Crippen LogP contribution >= 0.6 is 0 Å². The molecule has 100 valence electrons. The van der Waals surface area contributed by atoms with Gasteiger partial charge in [-0.25, -0.2) is 9.52 Å². The number of carbonyl (C=O) groups is 1. The van der Waals surface area contributed by atoms with Crippen molar-refractivity contribution < 1.29 is 17.9 Å². The van der Waals surface area contributed by atoms with Crippen molar-refractivity contribution in [3.05, 3.63) is 0 Å². The molecule has 0 heterocycles. The lowest BCUT2D eigenvalue weighted by molar-refractivity contribution is 0.158. The summed E-state index contributed by atoms with van der Waals surface area (Å²) in [4.78, 5) is 10.9. The van der Waals surface area contributed by atoms with E-state index in [-0.39, 0.29) is 19.0 Å². The van der Waals surface area contributed by atoms with E-state index in [2.05, 4.69) is 9.46 Å². The van der Waals surface area contributed by atoms with E-state index >= 15 is 0 Å². The Balaban J connectivity index is 4.38. The van der Waals surface area contributed by atoms with Crippen molar-refractivity contribution >= 4 is 22.1 Å². The van der Waals surface area contributed by atoms with Crippen molar-refractivity contribution in [2.45, 2.75) is 20.8 Å². The number of ether oxygens (including phenoxy) is 1. The number of amides is 1. The molecule has 0 bridgehead atoms. The van der Waals surface area contributed by atoms with Crippen molar-refractivity contribution in [3.63, 3.8) is 0 Å². The second-order valence-electron chi connectivity index (χ2n) is 3.94. The summed E-state index contributed by atoms with van der Waals surface area (Å²) in [5.41, 5.74) is 4.46. The molecule has 0 aromatic rings. The van der Waals surface area contributed by atoms with Crippen LogP contribution in [0.1, 0.15) is 20.8 Å². The van der Waals surface area contributed by atoms with Gasteiger partial charge in [0.1, 0.15) is 0 Å². The summed E-state index contributed by atoms with van der Waals surface area (Å²) in [7, 11) is -4.00. The molecule has 0 aromatic heterocycles. The molecule has 0 spiro atoms. The first-order valence-corrected chi connectivity index (χ1v) is 6.37. The van der Waals surface area contributed by atoms with Crippen molar-refractivity contribution in [2.75, 3.05) is 13.2 Å². The molecule has 17 heavy (non-hydrogen) atoms. The maximum absolute atomic E-state index is 11.4. The minimum absolute atomic E-state index is 0.0697. The zero-order valence-electron chi connectivity index (χ0n) is 10.0. The topological polar surface area (TPSA) is 134 Å². The largest absolute Gasteiger partial charge is 0.449 e. The molecule has 5 N–H and O–H groups in total. The van der Waals surface area contributed by atoms with Gasteiger partial charge in [0.15, 0.2) is 0 Å². The summed E-state index contributed by atoms with van der Waals surface area (Å²) >= 11 is 0. The maximum Gasteiger partial charge on any atom is 0.421 e. The van der Waals surface area contributed by atoms with Crippen LogP contribution in [0.5, 0.6) is 0 Å². The zero-order chi connectivity index (χ0) is 13.7. The third-order valence-electron chi connectivity index (χ3n) is 1.93. The summed E-state index contributed by atoms with van der Waals surface area (Å²) in [5.74, 6) is -0.156. The van der Waals surface area contributed by atoms with Gasteiger partial charge in [-0.15, -0.1) is 0 Å². The van der Waals surface area contributed by atoms with E-state index in [9.17, 15) is 13.2 Å². The van der Waals surface area contributed by atoms with Gasteiger partial charge in [-0.3, -0.25) is 5.41 Å². The first kappa shape index (κ1) is 15.7. The number of nitrogens with one attached hydrogen (secondary N) is 3. The van der Waals surface area contributed by atoms with Crippen LogP contribution in [-0.4, -0.2) is 33.5 Å². The number of amidine groups is 1. The van der Waals surface area contributed by atoms with Crippen LogP contribution in [0, 0.1) is 10.8 Å². The molecule has 9 heteroatoms. The summed E-state index contributed by atoms with van der Waals surface area (Å²) in [6.45, 7) is 4.72. The maximum atomic E-state index is 11.4. The van der Waals surface area contributed by atoms with Gasteiger partial charge in [0.25, 0.3) is 0 Å². The van der Waals surface area contributed by atoms with Crippen LogP contribution in [0.3, 0.4) is 0 Å². The molecule has 1 amide bonds. The number of carbonyl (C=O) groups excluding carboxylic acids is 1. The van der Waals surface area contributed by atoms with Crippen molar-refractivity contribution in [1.82, 2.24) is 9.44 Å². The molecule has 0 aliphatic heterocycles. The molecule has 0 saturated carbocycles. The van der Waals surface area contributed by atoms with E-state index in [4.69, 9.17) is 11.1 Å². The van der Waals surface area contributed by atoms with Crippen molar-refractivity contribution in [3.8, 4) is 0 Å². The smallest absolute Gasteiger partial charge is 0.421 e. The van der Waals surface area contributed by atoms with E-state index in [1.807, 2.05) is 0 Å². The average Bonchev–Trinajstić information content (AvgIpc) is 2.14. The fourth-order valence-electron chi connectivity index (χ4n) is 0.677. The van der Waals surface area contributed by atoms with Gasteiger partial charge in [-0.2, -0.15) is 13.1 Å². The van der Waals surface area contributed by atoms with Gasteiger partial charge in [-0.1, -0.05) is 13.8 Å². The molecule has 0 unspecified atom stereocenters. The first-order chi connectivity index (χ1) is 7.60. The average molecular weight is 266 g/mol. The van der Waals surface area contributed by atoms with E-state index in [0.29, 0.717) is 0 Å². The minimum atomic E-state index is -4.00. The Labute approximate surface area is 101 Å². The van der Waals surface area contributed by atoms with E-state index in [1.165, 1.54) is 0 Å². The van der Waals surface area contributed by atoms with Crippen molar-refractivity contribution in [1.29, 1.82) is 5.41 Å². The Bertz CT molecular complexity index is 390.